The molecule has 21 heavy (non-hydrogen) atoms. The smallest absolute Gasteiger partial charge is 0.335 e. The van der Waals surface area contributed by atoms with Gasteiger partial charge in [0.25, 0.3) is 0 Å². The predicted octanol–water partition coefficient (Wildman–Crippen LogP) is 2.84. The highest BCUT2D eigenvalue weighted by atomic mass is 79.9. The minimum atomic E-state index is -1.02. The lowest BCUT2D eigenvalue weighted by Gasteiger charge is -2.06. The van der Waals surface area contributed by atoms with Crippen LogP contribution in [-0.2, 0) is 6.54 Å². The van der Waals surface area contributed by atoms with Gasteiger partial charge in [0.1, 0.15) is 0 Å². The Morgan fingerprint density at radius 3 is 2.71 bits per heavy atom. The van der Waals surface area contributed by atoms with Crippen molar-refractivity contribution in [1.29, 1.82) is 0 Å². The molecule has 0 aliphatic rings. The lowest BCUT2D eigenvalue weighted by molar-refractivity contribution is 0.0697. The van der Waals surface area contributed by atoms with Gasteiger partial charge in [-0.3, -0.25) is 4.57 Å². The van der Waals surface area contributed by atoms with Gasteiger partial charge in [0.05, 0.1) is 23.1 Å². The van der Waals surface area contributed by atoms with Crippen molar-refractivity contribution in [2.75, 3.05) is 0 Å². The van der Waals surface area contributed by atoms with Crippen molar-refractivity contribution >= 4 is 32.9 Å². The van der Waals surface area contributed by atoms with Gasteiger partial charge in [-0.1, -0.05) is 34.1 Å². The fourth-order valence-corrected chi connectivity index (χ4v) is 2.65. The highest BCUT2D eigenvalue weighted by Gasteiger charge is 2.11. The summed E-state index contributed by atoms with van der Waals surface area (Å²) in [6, 6.07) is 12.2. The number of carboxylic acids is 1. The summed E-state index contributed by atoms with van der Waals surface area (Å²) in [5, 5.41) is 9.07. The first kappa shape index (κ1) is 13.6. The van der Waals surface area contributed by atoms with Crippen LogP contribution in [0.4, 0.5) is 0 Å². The Bertz CT molecular complexity index is 895. The summed E-state index contributed by atoms with van der Waals surface area (Å²) in [5.41, 5.74) is 2.04. The first-order valence-electron chi connectivity index (χ1n) is 6.25. The Kier molecular flexibility index (Phi) is 3.39. The number of nitrogens with zero attached hydrogens (tertiary/aromatic N) is 1. The summed E-state index contributed by atoms with van der Waals surface area (Å²) in [4.78, 5) is 25.9. The van der Waals surface area contributed by atoms with Crippen LogP contribution in [0.5, 0.6) is 0 Å². The number of halogens is 1. The molecule has 106 valence electrons. The average Bonchev–Trinajstić information content (AvgIpc) is 2.76. The van der Waals surface area contributed by atoms with Crippen LogP contribution in [-0.4, -0.2) is 20.6 Å². The first-order valence-corrected chi connectivity index (χ1v) is 7.05. The summed E-state index contributed by atoms with van der Waals surface area (Å²) >= 11 is 3.45. The number of carboxylic acid groups (broad SMARTS) is 1. The summed E-state index contributed by atoms with van der Waals surface area (Å²) in [5.74, 6) is -1.02. The van der Waals surface area contributed by atoms with Gasteiger partial charge in [0.2, 0.25) is 0 Å². The maximum absolute atomic E-state index is 12.1. The van der Waals surface area contributed by atoms with E-state index < -0.39 is 5.97 Å². The Labute approximate surface area is 128 Å². The molecule has 1 aromatic heterocycles. The lowest BCUT2D eigenvalue weighted by atomic mass is 10.2. The minimum absolute atomic E-state index is 0.155. The number of fused-ring (bicyclic) bond motifs is 1. The van der Waals surface area contributed by atoms with Gasteiger partial charge in [-0.05, 0) is 29.8 Å². The largest absolute Gasteiger partial charge is 0.478 e. The van der Waals surface area contributed by atoms with Gasteiger partial charge in [0, 0.05) is 4.47 Å². The van der Waals surface area contributed by atoms with Crippen molar-refractivity contribution in [2.45, 2.75) is 6.54 Å². The molecule has 0 bridgehead atoms. The number of aromatic carboxylic acids is 1. The molecule has 0 unspecified atom stereocenters. The summed E-state index contributed by atoms with van der Waals surface area (Å²) in [6.45, 7) is 0.364. The van der Waals surface area contributed by atoms with Crippen molar-refractivity contribution in [3.8, 4) is 0 Å². The number of benzene rings is 2. The van der Waals surface area contributed by atoms with E-state index in [-0.39, 0.29) is 11.3 Å². The fraction of sp³-hybridized carbons (Fsp3) is 0.0667. The van der Waals surface area contributed by atoms with E-state index in [0.29, 0.717) is 17.6 Å². The SMILES string of the molecule is O=C(O)c1ccc2[nH]c(=O)n(Cc3ccccc3Br)c2c1. The molecular formula is C15H11BrN2O3. The monoisotopic (exact) mass is 346 g/mol. The molecule has 6 heteroatoms. The standard InChI is InChI=1S/C15H11BrN2O3/c16-11-4-2-1-3-10(11)8-18-13-7-9(14(19)20)5-6-12(13)17-15(18)21/h1-7H,8H2,(H,17,21)(H,19,20). The summed E-state index contributed by atoms with van der Waals surface area (Å²) < 4.78 is 2.43. The second kappa shape index (κ2) is 5.21. The molecule has 0 atom stereocenters. The molecule has 3 aromatic rings. The van der Waals surface area contributed by atoms with Gasteiger partial charge in [-0.2, -0.15) is 0 Å². The molecule has 5 nitrogen and oxygen atoms in total. The minimum Gasteiger partial charge on any atom is -0.478 e. The highest BCUT2D eigenvalue weighted by molar-refractivity contribution is 9.10. The summed E-state index contributed by atoms with van der Waals surface area (Å²) in [6.07, 6.45) is 0. The summed E-state index contributed by atoms with van der Waals surface area (Å²) in [7, 11) is 0. The Morgan fingerprint density at radius 1 is 1.24 bits per heavy atom. The van der Waals surface area contributed by atoms with Crippen LogP contribution in [0.15, 0.2) is 51.7 Å². The molecule has 0 spiro atoms. The zero-order valence-electron chi connectivity index (χ0n) is 10.8. The predicted molar refractivity (Wildman–Crippen MR) is 82.8 cm³/mol. The molecule has 2 aromatic carbocycles. The van der Waals surface area contributed by atoms with E-state index in [9.17, 15) is 9.59 Å². The molecule has 2 N–H and O–H groups in total. The van der Waals surface area contributed by atoms with Crippen LogP contribution >= 0.6 is 15.9 Å². The van der Waals surface area contributed by atoms with Crippen molar-refractivity contribution in [1.82, 2.24) is 9.55 Å². The molecule has 3 rings (SSSR count). The van der Waals surface area contributed by atoms with E-state index in [2.05, 4.69) is 20.9 Å². The number of imidazole rings is 1. The molecule has 0 radical (unpaired) electrons. The fourth-order valence-electron chi connectivity index (χ4n) is 2.24. The first-order chi connectivity index (χ1) is 10.1. The van der Waals surface area contributed by atoms with Crippen LogP contribution in [0, 0.1) is 0 Å². The number of hydrogen-bond acceptors (Lipinski definition) is 2. The van der Waals surface area contributed by atoms with Gasteiger partial charge in [-0.25, -0.2) is 9.59 Å². The third-order valence-electron chi connectivity index (χ3n) is 3.31. The Balaban J connectivity index is 2.15. The number of carbonyl (C=O) groups is 1. The van der Waals surface area contributed by atoms with Gasteiger partial charge >= 0.3 is 11.7 Å². The number of rotatable bonds is 3. The van der Waals surface area contributed by atoms with Crippen LogP contribution < -0.4 is 5.69 Å². The maximum atomic E-state index is 12.1. The van der Waals surface area contributed by atoms with E-state index in [1.54, 1.807) is 6.07 Å². The van der Waals surface area contributed by atoms with Crippen LogP contribution in [0.1, 0.15) is 15.9 Å². The van der Waals surface area contributed by atoms with Crippen LogP contribution in [0.3, 0.4) is 0 Å². The highest BCUT2D eigenvalue weighted by Crippen LogP contribution is 2.19. The number of aromatic nitrogens is 2. The third kappa shape index (κ3) is 2.50. The van der Waals surface area contributed by atoms with Crippen LogP contribution in [0.2, 0.25) is 0 Å². The molecular weight excluding hydrogens is 336 g/mol. The number of H-pyrrole nitrogens is 1. The molecule has 0 saturated heterocycles. The normalized spacial score (nSPS) is 10.9. The molecule has 0 aliphatic heterocycles. The molecule has 1 heterocycles. The van der Waals surface area contributed by atoms with Crippen molar-refractivity contribution in [3.63, 3.8) is 0 Å². The lowest BCUT2D eigenvalue weighted by Crippen LogP contribution is -2.17. The molecule has 0 fully saturated rings. The van der Waals surface area contributed by atoms with E-state index in [0.717, 1.165) is 10.0 Å². The van der Waals surface area contributed by atoms with Gasteiger partial charge < -0.3 is 10.1 Å². The van der Waals surface area contributed by atoms with Gasteiger partial charge in [-0.15, -0.1) is 0 Å². The quantitative estimate of drug-likeness (QED) is 0.765. The van der Waals surface area contributed by atoms with Crippen molar-refractivity contribution in [3.05, 3.63) is 68.5 Å². The van der Waals surface area contributed by atoms with E-state index in [4.69, 9.17) is 5.11 Å². The molecule has 0 aliphatic carbocycles. The van der Waals surface area contributed by atoms with Gasteiger partial charge in [0.15, 0.2) is 0 Å². The number of hydrogen-bond donors (Lipinski definition) is 2. The van der Waals surface area contributed by atoms with E-state index >= 15 is 0 Å². The zero-order chi connectivity index (χ0) is 15.0. The maximum Gasteiger partial charge on any atom is 0.335 e. The molecule has 0 amide bonds. The second-order valence-corrected chi connectivity index (χ2v) is 5.50. The Hall–Kier alpha value is -2.34. The molecule has 0 saturated carbocycles. The zero-order valence-corrected chi connectivity index (χ0v) is 12.4. The van der Waals surface area contributed by atoms with Crippen molar-refractivity contribution < 1.29 is 9.90 Å². The third-order valence-corrected chi connectivity index (χ3v) is 4.08. The van der Waals surface area contributed by atoms with Crippen molar-refractivity contribution in [2.24, 2.45) is 0 Å². The van der Waals surface area contributed by atoms with E-state index in [1.165, 1.54) is 16.7 Å². The average molecular weight is 347 g/mol. The number of aromatic amines is 1. The topological polar surface area (TPSA) is 75.1 Å². The number of nitrogens with one attached hydrogen (secondary N) is 1. The van der Waals surface area contributed by atoms with Crippen LogP contribution in [0.25, 0.3) is 11.0 Å². The Morgan fingerprint density at radius 2 is 2.00 bits per heavy atom. The second-order valence-electron chi connectivity index (χ2n) is 4.64. The van der Waals surface area contributed by atoms with E-state index in [1.807, 2.05) is 24.3 Å².